The van der Waals surface area contributed by atoms with Gasteiger partial charge in [0.2, 0.25) is 5.69 Å². The van der Waals surface area contributed by atoms with E-state index < -0.39 is 0 Å². The zero-order valence-corrected chi connectivity index (χ0v) is 9.88. The molecule has 0 aliphatic rings. The van der Waals surface area contributed by atoms with Gasteiger partial charge in [0, 0.05) is 24.3 Å². The van der Waals surface area contributed by atoms with Crippen LogP contribution in [0.2, 0.25) is 0 Å². The Hall–Kier alpha value is -2.89. The number of aromatic nitrogens is 4. The van der Waals surface area contributed by atoms with Crippen LogP contribution in [0.25, 0.3) is 17.2 Å². The molecule has 0 radical (unpaired) electrons. The zero-order chi connectivity index (χ0) is 13.2. The first-order chi connectivity index (χ1) is 9.25. The molecule has 6 nitrogen and oxygen atoms in total. The highest BCUT2D eigenvalue weighted by molar-refractivity contribution is 5.49. The van der Waals surface area contributed by atoms with E-state index in [0.29, 0.717) is 21.9 Å². The lowest BCUT2D eigenvalue weighted by atomic mass is 10.3. The van der Waals surface area contributed by atoms with Crippen LogP contribution in [0.5, 0.6) is 0 Å². The van der Waals surface area contributed by atoms with Crippen LogP contribution in [-0.4, -0.2) is 9.78 Å². The van der Waals surface area contributed by atoms with Crippen molar-refractivity contribution in [2.24, 2.45) is 0 Å². The van der Waals surface area contributed by atoms with Gasteiger partial charge in [0.1, 0.15) is 6.20 Å². The van der Waals surface area contributed by atoms with Gasteiger partial charge in [0.05, 0.1) is 6.20 Å². The lowest BCUT2D eigenvalue weighted by molar-refractivity contribution is -0.600. The number of hydrogen-bond acceptors (Lipinski definition) is 3. The molecule has 19 heavy (non-hydrogen) atoms. The second kappa shape index (κ2) is 4.41. The summed E-state index contributed by atoms with van der Waals surface area (Å²) in [4.78, 5) is 0. The maximum Gasteiger partial charge on any atom is 0.309 e. The molecule has 0 amide bonds. The normalized spacial score (nSPS) is 10.5. The Labute approximate surface area is 109 Å². The summed E-state index contributed by atoms with van der Waals surface area (Å²) in [6.07, 6.45) is 4.45. The Morgan fingerprint density at radius 2 is 1.63 bits per heavy atom. The van der Waals surface area contributed by atoms with E-state index in [4.69, 9.17) is 0 Å². The maximum atomic E-state index is 11.6. The van der Waals surface area contributed by atoms with E-state index in [1.165, 1.54) is 17.1 Å². The average Bonchev–Trinajstić information content (AvgIpc) is 2.89. The van der Waals surface area contributed by atoms with Crippen molar-refractivity contribution in [2.45, 2.75) is 0 Å². The molecule has 0 aliphatic carbocycles. The molecule has 3 heterocycles. The minimum absolute atomic E-state index is 0.377. The summed E-state index contributed by atoms with van der Waals surface area (Å²) in [6, 6.07) is 11.8. The van der Waals surface area contributed by atoms with Gasteiger partial charge in [-0.1, -0.05) is 11.2 Å². The van der Waals surface area contributed by atoms with Crippen molar-refractivity contribution in [3.63, 3.8) is 0 Å². The smallest absolute Gasteiger partial charge is 0.309 e. The van der Waals surface area contributed by atoms with E-state index >= 15 is 0 Å². The first kappa shape index (κ1) is 11.2. The fourth-order valence-electron chi connectivity index (χ4n) is 1.81. The lowest BCUT2D eigenvalue weighted by Gasteiger charge is -2.04. The van der Waals surface area contributed by atoms with Crippen molar-refractivity contribution in [3.05, 3.63) is 71.5 Å². The fourth-order valence-corrected chi connectivity index (χ4v) is 1.81. The monoisotopic (exact) mass is 254 g/mol. The van der Waals surface area contributed by atoms with Crippen molar-refractivity contribution in [3.8, 4) is 17.2 Å². The summed E-state index contributed by atoms with van der Waals surface area (Å²) in [5, 5.41) is 27.5. The molecule has 0 aromatic carbocycles. The van der Waals surface area contributed by atoms with Gasteiger partial charge in [0.25, 0.3) is 0 Å². The van der Waals surface area contributed by atoms with Crippen LogP contribution < -0.4 is 9.46 Å². The number of pyridine rings is 2. The van der Waals surface area contributed by atoms with Crippen LogP contribution in [0.3, 0.4) is 0 Å². The van der Waals surface area contributed by atoms with Crippen LogP contribution in [0.4, 0.5) is 0 Å². The topological polar surface area (TPSA) is 71.7 Å². The van der Waals surface area contributed by atoms with E-state index in [0.717, 1.165) is 4.73 Å². The largest absolute Gasteiger partial charge is 0.711 e. The van der Waals surface area contributed by atoms with Crippen molar-refractivity contribution in [1.29, 1.82) is 0 Å². The third-order valence-corrected chi connectivity index (χ3v) is 2.71. The van der Waals surface area contributed by atoms with Crippen LogP contribution in [-0.2, 0) is 0 Å². The fraction of sp³-hybridized carbons (Fsp3) is 0. The quantitative estimate of drug-likeness (QED) is 0.501. The molecule has 0 saturated heterocycles. The molecule has 94 valence electrons. The highest BCUT2D eigenvalue weighted by Crippen LogP contribution is 2.13. The second-order valence-corrected chi connectivity index (χ2v) is 3.94. The molecule has 0 atom stereocenters. The van der Waals surface area contributed by atoms with Crippen molar-refractivity contribution >= 4 is 0 Å². The third-order valence-electron chi connectivity index (χ3n) is 2.71. The molecule has 0 N–H and O–H groups in total. The summed E-state index contributed by atoms with van der Waals surface area (Å²) in [7, 11) is 0. The minimum atomic E-state index is 0.377. The van der Waals surface area contributed by atoms with Crippen molar-refractivity contribution in [1.82, 2.24) is 9.78 Å². The van der Waals surface area contributed by atoms with E-state index in [1.54, 1.807) is 48.7 Å². The predicted octanol–water partition coefficient (Wildman–Crippen LogP) is 0.806. The highest BCUT2D eigenvalue weighted by atomic mass is 16.5. The number of hydrogen-bond donors (Lipinski definition) is 0. The van der Waals surface area contributed by atoms with Gasteiger partial charge in [0.15, 0.2) is 11.9 Å². The lowest BCUT2D eigenvalue weighted by Crippen LogP contribution is -2.31. The molecule has 0 fully saturated rings. The van der Waals surface area contributed by atoms with E-state index in [-0.39, 0.29) is 0 Å². The van der Waals surface area contributed by atoms with Crippen LogP contribution in [0.1, 0.15) is 0 Å². The minimum Gasteiger partial charge on any atom is -0.711 e. The van der Waals surface area contributed by atoms with E-state index in [2.05, 4.69) is 5.10 Å². The summed E-state index contributed by atoms with van der Waals surface area (Å²) in [5.41, 5.74) is 0.953. The molecule has 3 aromatic rings. The summed E-state index contributed by atoms with van der Waals surface area (Å²) in [6.45, 7) is 0. The molecule has 3 aromatic heterocycles. The van der Waals surface area contributed by atoms with Crippen LogP contribution in [0.15, 0.2) is 61.1 Å². The van der Waals surface area contributed by atoms with Crippen LogP contribution >= 0.6 is 0 Å². The highest BCUT2D eigenvalue weighted by Gasteiger charge is 2.16. The van der Waals surface area contributed by atoms with Gasteiger partial charge < -0.3 is 10.4 Å². The Bertz CT molecular complexity index is 664. The maximum absolute atomic E-state index is 11.6. The average molecular weight is 254 g/mol. The summed E-state index contributed by atoms with van der Waals surface area (Å²) >= 11 is 0. The SMILES string of the molecule is [O-][n+]1ccccc1-c1ccn(-c2cccc[n+]2[O-])n1. The zero-order valence-electron chi connectivity index (χ0n) is 9.88. The number of rotatable bonds is 2. The number of nitrogens with zero attached hydrogens (tertiary/aromatic N) is 4. The molecule has 0 aliphatic heterocycles. The molecule has 0 saturated carbocycles. The molecule has 6 heteroatoms. The van der Waals surface area contributed by atoms with E-state index in [1.807, 2.05) is 0 Å². The van der Waals surface area contributed by atoms with Gasteiger partial charge in [-0.15, -0.1) is 4.68 Å². The van der Waals surface area contributed by atoms with Crippen molar-refractivity contribution < 1.29 is 9.46 Å². The Kier molecular flexibility index (Phi) is 2.60. The molecule has 0 bridgehead atoms. The Balaban J connectivity index is 2.06. The molecule has 0 unspecified atom stereocenters. The Morgan fingerprint density at radius 1 is 0.895 bits per heavy atom. The first-order valence-corrected chi connectivity index (χ1v) is 5.68. The van der Waals surface area contributed by atoms with Gasteiger partial charge >= 0.3 is 5.82 Å². The molecule has 3 rings (SSSR count). The predicted molar refractivity (Wildman–Crippen MR) is 66.9 cm³/mol. The Morgan fingerprint density at radius 3 is 2.37 bits per heavy atom. The van der Waals surface area contributed by atoms with Gasteiger partial charge in [-0.25, -0.2) is 4.73 Å². The summed E-state index contributed by atoms with van der Waals surface area (Å²) < 4.78 is 2.89. The molecular weight excluding hydrogens is 244 g/mol. The molecule has 0 spiro atoms. The molecular formula is C13H10N4O2. The first-order valence-electron chi connectivity index (χ1n) is 5.68. The van der Waals surface area contributed by atoms with Crippen LogP contribution in [0, 0.1) is 10.4 Å². The summed E-state index contributed by atoms with van der Waals surface area (Å²) in [5.74, 6) is 0.377. The third kappa shape index (κ3) is 1.99. The standard InChI is InChI=1S/C13H10N4O2/c18-16-8-3-1-5-12(16)11-7-10-15(14-11)13-6-2-4-9-17(13)19/h1-10H. The van der Waals surface area contributed by atoms with Crippen molar-refractivity contribution in [2.75, 3.05) is 0 Å². The van der Waals surface area contributed by atoms with E-state index in [9.17, 15) is 10.4 Å². The van der Waals surface area contributed by atoms with Gasteiger partial charge in [-0.2, -0.15) is 4.73 Å². The second-order valence-electron chi connectivity index (χ2n) is 3.94. The van der Waals surface area contributed by atoms with Gasteiger partial charge in [-0.3, -0.25) is 0 Å². The van der Waals surface area contributed by atoms with Gasteiger partial charge in [-0.05, 0) is 12.1 Å².